The van der Waals surface area contributed by atoms with E-state index < -0.39 is 0 Å². The van der Waals surface area contributed by atoms with Gasteiger partial charge in [0.25, 0.3) is 5.56 Å². The van der Waals surface area contributed by atoms with E-state index in [9.17, 15) is 10.1 Å². The molecule has 0 fully saturated rings. The Morgan fingerprint density at radius 3 is 2.54 bits per heavy atom. The van der Waals surface area contributed by atoms with Gasteiger partial charge in [-0.15, -0.1) is 11.3 Å². The number of nitrogens with zero attached hydrogens (tertiary/aromatic N) is 1. The second kappa shape index (κ2) is 5.80. The number of nitrogens with one attached hydrogen (secondary N) is 1. The number of H-pyrrole nitrogens is 1. The number of rotatable bonds is 2. The van der Waals surface area contributed by atoms with Gasteiger partial charge in [-0.1, -0.05) is 42.5 Å². The van der Waals surface area contributed by atoms with Crippen molar-refractivity contribution in [3.05, 3.63) is 82.0 Å². The highest BCUT2D eigenvalue weighted by atomic mass is 32.1. The first-order valence-electron chi connectivity index (χ1n) is 7.47. The zero-order valence-corrected chi connectivity index (χ0v) is 13.4. The summed E-state index contributed by atoms with van der Waals surface area (Å²) in [5.74, 6) is 0. The fourth-order valence-corrected chi connectivity index (χ4v) is 3.56. The number of fused-ring (bicyclic) bond motifs is 1. The van der Waals surface area contributed by atoms with Crippen LogP contribution < -0.4 is 5.56 Å². The maximum Gasteiger partial charge on any atom is 0.267 e. The first-order valence-corrected chi connectivity index (χ1v) is 8.35. The average molecular weight is 328 g/mol. The molecule has 0 saturated heterocycles. The summed E-state index contributed by atoms with van der Waals surface area (Å²) in [5.41, 5.74) is 2.12. The molecule has 2 heterocycles. The number of pyridine rings is 1. The normalized spacial score (nSPS) is 10.6. The fraction of sp³-hybridized carbons (Fsp3) is 0. The van der Waals surface area contributed by atoms with Crippen LogP contribution in [-0.4, -0.2) is 4.98 Å². The molecule has 0 aliphatic rings. The van der Waals surface area contributed by atoms with E-state index in [4.69, 9.17) is 0 Å². The summed E-state index contributed by atoms with van der Waals surface area (Å²) in [6, 6.07) is 21.9. The minimum atomic E-state index is -0.355. The van der Waals surface area contributed by atoms with Crippen LogP contribution >= 0.6 is 11.3 Å². The molecule has 0 spiro atoms. The Hall–Kier alpha value is -3.16. The molecule has 0 aliphatic carbocycles. The maximum absolute atomic E-state index is 12.4. The van der Waals surface area contributed by atoms with Gasteiger partial charge in [-0.2, -0.15) is 5.26 Å². The summed E-state index contributed by atoms with van der Waals surface area (Å²) < 4.78 is 0. The highest BCUT2D eigenvalue weighted by molar-refractivity contribution is 7.13. The number of hydrogen-bond acceptors (Lipinski definition) is 3. The van der Waals surface area contributed by atoms with Crippen molar-refractivity contribution < 1.29 is 0 Å². The van der Waals surface area contributed by atoms with Crippen molar-refractivity contribution in [2.45, 2.75) is 0 Å². The largest absolute Gasteiger partial charge is 0.321 e. The first-order chi connectivity index (χ1) is 11.8. The van der Waals surface area contributed by atoms with Crippen LogP contribution in [0.3, 0.4) is 0 Å². The Kier molecular flexibility index (Phi) is 3.49. The summed E-state index contributed by atoms with van der Waals surface area (Å²) in [7, 11) is 0. The molecule has 2 aromatic carbocycles. The van der Waals surface area contributed by atoms with E-state index in [-0.39, 0.29) is 11.1 Å². The van der Waals surface area contributed by atoms with Gasteiger partial charge >= 0.3 is 0 Å². The van der Waals surface area contributed by atoms with Crippen LogP contribution in [0.1, 0.15) is 5.56 Å². The number of hydrogen-bond donors (Lipinski definition) is 1. The van der Waals surface area contributed by atoms with Crippen LogP contribution in [0.4, 0.5) is 0 Å². The van der Waals surface area contributed by atoms with Crippen molar-refractivity contribution in [1.29, 1.82) is 5.26 Å². The van der Waals surface area contributed by atoms with E-state index in [1.807, 2.05) is 66.0 Å². The number of nitriles is 1. The number of benzene rings is 2. The topological polar surface area (TPSA) is 56.6 Å². The highest BCUT2D eigenvalue weighted by Crippen LogP contribution is 2.30. The number of thiophene rings is 1. The molecule has 0 unspecified atom stereocenters. The van der Waals surface area contributed by atoms with Crippen LogP contribution in [0.15, 0.2) is 70.8 Å². The molecule has 114 valence electrons. The summed E-state index contributed by atoms with van der Waals surface area (Å²) in [6.45, 7) is 0. The molecule has 0 amide bonds. The van der Waals surface area contributed by atoms with Crippen molar-refractivity contribution in [1.82, 2.24) is 4.98 Å². The summed E-state index contributed by atoms with van der Waals surface area (Å²) in [5, 5.41) is 13.5. The van der Waals surface area contributed by atoms with Gasteiger partial charge < -0.3 is 4.98 Å². The average Bonchev–Trinajstić information content (AvgIpc) is 3.15. The third kappa shape index (κ3) is 2.41. The molecular formula is C20H12N2OS. The van der Waals surface area contributed by atoms with Gasteiger partial charge in [0.2, 0.25) is 0 Å². The van der Waals surface area contributed by atoms with Crippen molar-refractivity contribution in [3.63, 3.8) is 0 Å². The second-order valence-corrected chi connectivity index (χ2v) is 6.40. The Morgan fingerprint density at radius 2 is 1.79 bits per heavy atom. The third-order valence-corrected chi connectivity index (χ3v) is 4.90. The van der Waals surface area contributed by atoms with E-state index in [1.165, 1.54) is 11.3 Å². The molecule has 0 atom stereocenters. The van der Waals surface area contributed by atoms with Gasteiger partial charge in [-0.3, -0.25) is 4.79 Å². The molecule has 0 radical (unpaired) electrons. The van der Waals surface area contributed by atoms with E-state index in [0.29, 0.717) is 11.3 Å². The predicted molar refractivity (Wildman–Crippen MR) is 98.0 cm³/mol. The molecule has 4 aromatic rings. The van der Waals surface area contributed by atoms with Crippen LogP contribution in [0.25, 0.3) is 32.5 Å². The Labute approximate surface area is 142 Å². The Balaban J connectivity index is 1.95. The van der Waals surface area contributed by atoms with Gasteiger partial charge in [-0.05, 0) is 39.9 Å². The van der Waals surface area contributed by atoms with Crippen LogP contribution in [-0.2, 0) is 0 Å². The Morgan fingerprint density at radius 1 is 0.958 bits per heavy atom. The van der Waals surface area contributed by atoms with Crippen LogP contribution in [0, 0.1) is 11.3 Å². The molecule has 1 N–H and O–H groups in total. The number of aromatic amines is 1. The van der Waals surface area contributed by atoms with Crippen molar-refractivity contribution >= 4 is 22.1 Å². The summed E-state index contributed by atoms with van der Waals surface area (Å²) in [4.78, 5) is 16.1. The van der Waals surface area contributed by atoms with E-state index in [2.05, 4.69) is 11.1 Å². The quantitative estimate of drug-likeness (QED) is 0.575. The molecular weight excluding hydrogens is 316 g/mol. The van der Waals surface area contributed by atoms with E-state index >= 15 is 0 Å². The monoisotopic (exact) mass is 328 g/mol. The predicted octanol–water partition coefficient (Wildman–Crippen LogP) is 4.80. The molecule has 0 saturated carbocycles. The van der Waals surface area contributed by atoms with Crippen LogP contribution in [0.2, 0.25) is 0 Å². The van der Waals surface area contributed by atoms with E-state index in [1.54, 1.807) is 0 Å². The fourth-order valence-electron chi connectivity index (χ4n) is 2.81. The van der Waals surface area contributed by atoms with Crippen molar-refractivity contribution in [2.24, 2.45) is 0 Å². The highest BCUT2D eigenvalue weighted by Gasteiger charge is 2.13. The minimum absolute atomic E-state index is 0.155. The molecule has 4 heteroatoms. The molecule has 0 bridgehead atoms. The first kappa shape index (κ1) is 14.4. The molecule has 2 aromatic heterocycles. The van der Waals surface area contributed by atoms with Crippen molar-refractivity contribution in [3.8, 4) is 27.8 Å². The van der Waals surface area contributed by atoms with Crippen molar-refractivity contribution in [2.75, 3.05) is 0 Å². The summed E-state index contributed by atoms with van der Waals surface area (Å²) in [6.07, 6.45) is 0. The lowest BCUT2D eigenvalue weighted by Gasteiger charge is -2.07. The zero-order chi connectivity index (χ0) is 16.5. The number of aromatic nitrogens is 1. The zero-order valence-electron chi connectivity index (χ0n) is 12.6. The molecule has 0 aliphatic heterocycles. The minimum Gasteiger partial charge on any atom is -0.321 e. The lowest BCUT2D eigenvalue weighted by atomic mass is 10.0. The standard InChI is InChI=1S/C20H12N2OS/c21-12-17-16(19-6-3-9-24-19)11-18(22-20(17)23)15-8-7-13-4-1-2-5-14(13)10-15/h1-11H,(H,22,23). The van der Waals surface area contributed by atoms with Gasteiger partial charge in [-0.25, -0.2) is 0 Å². The lowest BCUT2D eigenvalue weighted by molar-refractivity contribution is 1.22. The molecule has 3 nitrogen and oxygen atoms in total. The van der Waals surface area contributed by atoms with Gasteiger partial charge in [0, 0.05) is 16.1 Å². The summed E-state index contributed by atoms with van der Waals surface area (Å²) >= 11 is 1.52. The Bertz CT molecular complexity index is 1130. The van der Waals surface area contributed by atoms with Gasteiger partial charge in [0.15, 0.2) is 0 Å². The second-order valence-electron chi connectivity index (χ2n) is 5.45. The maximum atomic E-state index is 12.4. The lowest BCUT2D eigenvalue weighted by Crippen LogP contribution is -2.12. The third-order valence-electron chi connectivity index (χ3n) is 3.99. The molecule has 4 rings (SSSR count). The van der Waals surface area contributed by atoms with E-state index in [0.717, 1.165) is 21.2 Å². The van der Waals surface area contributed by atoms with Gasteiger partial charge in [0.05, 0.1) is 0 Å². The van der Waals surface area contributed by atoms with Crippen LogP contribution in [0.5, 0.6) is 0 Å². The smallest absolute Gasteiger partial charge is 0.267 e. The van der Waals surface area contributed by atoms with Gasteiger partial charge in [0.1, 0.15) is 11.6 Å². The SMILES string of the molecule is N#Cc1c(-c2cccs2)cc(-c2ccc3ccccc3c2)[nH]c1=O. The molecule has 24 heavy (non-hydrogen) atoms.